The van der Waals surface area contributed by atoms with Crippen molar-refractivity contribution in [1.29, 1.82) is 0 Å². The van der Waals surface area contributed by atoms with Crippen molar-refractivity contribution in [3.05, 3.63) is 27.7 Å². The fourth-order valence-corrected chi connectivity index (χ4v) is 4.63. The van der Waals surface area contributed by atoms with Gasteiger partial charge in [-0.3, -0.25) is 4.79 Å². The zero-order valence-corrected chi connectivity index (χ0v) is 14.5. The lowest BCUT2D eigenvalue weighted by atomic mass is 9.97. The highest BCUT2D eigenvalue weighted by atomic mass is 32.1. The molecule has 0 bridgehead atoms. The van der Waals surface area contributed by atoms with Gasteiger partial charge in [-0.15, -0.1) is 11.3 Å². The van der Waals surface area contributed by atoms with E-state index in [4.69, 9.17) is 4.74 Å². The summed E-state index contributed by atoms with van der Waals surface area (Å²) in [4.78, 5) is 22.6. The Morgan fingerprint density at radius 3 is 3.17 bits per heavy atom. The molecule has 6 nitrogen and oxygen atoms in total. The lowest BCUT2D eigenvalue weighted by Gasteiger charge is -2.41. The molecule has 0 atom stereocenters. The van der Waals surface area contributed by atoms with Crippen molar-refractivity contribution >= 4 is 33.9 Å². The molecule has 2 aromatic rings. The van der Waals surface area contributed by atoms with Gasteiger partial charge >= 0.3 is 0 Å². The van der Waals surface area contributed by atoms with Crippen molar-refractivity contribution in [3.63, 3.8) is 0 Å². The van der Waals surface area contributed by atoms with Gasteiger partial charge in [0.25, 0.3) is 0 Å². The average molecular weight is 350 g/mol. The quantitative estimate of drug-likeness (QED) is 0.841. The molecule has 4 rings (SSSR count). The van der Waals surface area contributed by atoms with Crippen LogP contribution in [0.15, 0.2) is 11.4 Å². The van der Waals surface area contributed by atoms with Crippen LogP contribution in [-0.2, 0) is 29.1 Å². The Morgan fingerprint density at radius 1 is 1.48 bits per heavy atom. The molecule has 2 aromatic heterocycles. The summed E-state index contributed by atoms with van der Waals surface area (Å²) < 4.78 is 9.29. The van der Waals surface area contributed by atoms with Crippen LogP contribution in [0.1, 0.15) is 16.3 Å². The highest BCUT2D eigenvalue weighted by molar-refractivity contribution is 7.10. The summed E-state index contributed by atoms with van der Waals surface area (Å²) in [5.74, 6) is 1.08. The van der Waals surface area contributed by atoms with Gasteiger partial charge in [0.15, 0.2) is 5.82 Å². The number of anilines is 1. The number of aromatic nitrogens is 2. The molecule has 0 aromatic carbocycles. The molecule has 8 heteroatoms. The highest BCUT2D eigenvalue weighted by Gasteiger charge is 2.37. The van der Waals surface area contributed by atoms with Crippen molar-refractivity contribution in [1.82, 2.24) is 14.3 Å². The van der Waals surface area contributed by atoms with Crippen molar-refractivity contribution in [2.24, 2.45) is 5.92 Å². The van der Waals surface area contributed by atoms with Crippen LogP contribution in [0.25, 0.3) is 0 Å². The highest BCUT2D eigenvalue weighted by Crippen LogP contribution is 2.30. The number of amides is 1. The Balaban J connectivity index is 1.33. The Bertz CT molecular complexity index is 708. The molecule has 122 valence electrons. The molecule has 0 spiro atoms. The molecule has 0 aliphatic carbocycles. The Kier molecular flexibility index (Phi) is 4.04. The van der Waals surface area contributed by atoms with E-state index in [2.05, 4.69) is 25.7 Å². The smallest absolute Gasteiger partial charge is 0.229 e. The molecule has 2 aliphatic rings. The zero-order chi connectivity index (χ0) is 15.8. The number of fused-ring (bicyclic) bond motifs is 1. The number of ether oxygens (including phenoxy) is 1. The lowest BCUT2D eigenvalue weighted by Crippen LogP contribution is -2.55. The molecule has 1 fully saturated rings. The van der Waals surface area contributed by atoms with Gasteiger partial charge in [-0.1, -0.05) is 0 Å². The molecule has 2 aliphatic heterocycles. The van der Waals surface area contributed by atoms with E-state index in [1.807, 2.05) is 4.90 Å². The minimum atomic E-state index is 0.0879. The van der Waals surface area contributed by atoms with E-state index >= 15 is 0 Å². The largest absolute Gasteiger partial charge is 0.377 e. The lowest BCUT2D eigenvalue weighted by molar-refractivity contribution is -0.137. The van der Waals surface area contributed by atoms with Gasteiger partial charge < -0.3 is 14.5 Å². The molecular weight excluding hydrogens is 332 g/mol. The maximum Gasteiger partial charge on any atom is 0.229 e. The van der Waals surface area contributed by atoms with Crippen LogP contribution in [0, 0.1) is 5.92 Å². The predicted octanol–water partition coefficient (Wildman–Crippen LogP) is 1.77. The number of carbonyl (C=O) groups is 1. The van der Waals surface area contributed by atoms with Crippen LogP contribution in [0.3, 0.4) is 0 Å². The Hall–Kier alpha value is -1.51. The van der Waals surface area contributed by atoms with Crippen molar-refractivity contribution in [2.45, 2.75) is 19.6 Å². The van der Waals surface area contributed by atoms with Crippen molar-refractivity contribution in [3.8, 4) is 0 Å². The summed E-state index contributed by atoms with van der Waals surface area (Å²) in [5.41, 5.74) is 1.32. The molecule has 0 unspecified atom stereocenters. The predicted molar refractivity (Wildman–Crippen MR) is 89.8 cm³/mol. The Labute approximate surface area is 142 Å². The zero-order valence-electron chi connectivity index (χ0n) is 12.9. The second-order valence-electron chi connectivity index (χ2n) is 5.91. The van der Waals surface area contributed by atoms with E-state index in [0.717, 1.165) is 37.7 Å². The van der Waals surface area contributed by atoms with Gasteiger partial charge in [0.2, 0.25) is 11.0 Å². The average Bonchev–Trinajstić information content (AvgIpc) is 3.14. The van der Waals surface area contributed by atoms with Crippen molar-refractivity contribution in [2.75, 3.05) is 31.6 Å². The Morgan fingerprint density at radius 2 is 2.35 bits per heavy atom. The second kappa shape index (κ2) is 6.18. The topological polar surface area (TPSA) is 58.6 Å². The third-order valence-corrected chi connectivity index (χ3v) is 6.19. The van der Waals surface area contributed by atoms with Gasteiger partial charge in [-0.2, -0.15) is 4.37 Å². The van der Waals surface area contributed by atoms with Crippen molar-refractivity contribution < 1.29 is 9.53 Å². The number of methoxy groups -OCH3 is 1. The minimum absolute atomic E-state index is 0.0879. The maximum atomic E-state index is 12.6. The summed E-state index contributed by atoms with van der Waals surface area (Å²) >= 11 is 3.18. The number of thiophene rings is 1. The monoisotopic (exact) mass is 350 g/mol. The van der Waals surface area contributed by atoms with E-state index in [1.54, 1.807) is 18.4 Å². The van der Waals surface area contributed by atoms with Crippen LogP contribution in [0.5, 0.6) is 0 Å². The van der Waals surface area contributed by atoms with Gasteiger partial charge in [-0.05, 0) is 23.4 Å². The van der Waals surface area contributed by atoms with Gasteiger partial charge in [-0.25, -0.2) is 4.98 Å². The number of carbonyl (C=O) groups excluding carboxylic acids is 1. The molecule has 1 amide bonds. The van der Waals surface area contributed by atoms with Gasteiger partial charge in [0, 0.05) is 49.7 Å². The van der Waals surface area contributed by atoms with Gasteiger partial charge in [0.05, 0.1) is 5.92 Å². The normalized spacial score (nSPS) is 18.0. The van der Waals surface area contributed by atoms with Crippen LogP contribution in [0.2, 0.25) is 0 Å². The summed E-state index contributed by atoms with van der Waals surface area (Å²) in [6.45, 7) is 3.54. The molecule has 4 heterocycles. The molecule has 0 N–H and O–H groups in total. The number of hydrogen-bond donors (Lipinski definition) is 0. The van der Waals surface area contributed by atoms with Crippen LogP contribution in [-0.4, -0.2) is 46.9 Å². The van der Waals surface area contributed by atoms with Crippen LogP contribution >= 0.6 is 22.9 Å². The molecule has 23 heavy (non-hydrogen) atoms. The third kappa shape index (κ3) is 2.86. The SMILES string of the molecule is COCc1nsc(N2CC(C(=O)N3CCc4sccc4C3)C2)n1. The number of nitrogens with zero attached hydrogens (tertiary/aromatic N) is 4. The summed E-state index contributed by atoms with van der Waals surface area (Å²) in [6.07, 6.45) is 0.992. The van der Waals surface area contributed by atoms with E-state index in [0.29, 0.717) is 12.4 Å². The van der Waals surface area contributed by atoms with Crippen LogP contribution < -0.4 is 4.90 Å². The van der Waals surface area contributed by atoms with E-state index in [9.17, 15) is 4.79 Å². The fraction of sp³-hybridized carbons (Fsp3) is 0.533. The summed E-state index contributed by atoms with van der Waals surface area (Å²) in [7, 11) is 1.64. The number of rotatable bonds is 4. The second-order valence-corrected chi connectivity index (χ2v) is 7.64. The minimum Gasteiger partial charge on any atom is -0.377 e. The maximum absolute atomic E-state index is 12.6. The first kappa shape index (κ1) is 15.0. The standard InChI is InChI=1S/C15H18N4O2S2/c1-21-9-13-16-15(23-17-13)19-7-11(8-19)14(20)18-4-2-12-10(6-18)3-5-22-12/h3,5,11H,2,4,6-9H2,1H3. The van der Waals surface area contributed by atoms with Crippen LogP contribution in [0.4, 0.5) is 5.13 Å². The van der Waals surface area contributed by atoms with E-state index in [-0.39, 0.29) is 11.8 Å². The third-order valence-electron chi connectivity index (χ3n) is 4.35. The first-order chi connectivity index (χ1) is 11.2. The first-order valence-electron chi connectivity index (χ1n) is 7.65. The van der Waals surface area contributed by atoms with Gasteiger partial charge in [0.1, 0.15) is 6.61 Å². The molecule has 0 radical (unpaired) electrons. The fourth-order valence-electron chi connectivity index (χ4n) is 3.05. The first-order valence-corrected chi connectivity index (χ1v) is 9.30. The van der Waals surface area contributed by atoms with E-state index < -0.39 is 0 Å². The van der Waals surface area contributed by atoms with E-state index in [1.165, 1.54) is 22.0 Å². The number of hydrogen-bond acceptors (Lipinski definition) is 7. The molecule has 0 saturated carbocycles. The molecule has 1 saturated heterocycles. The summed E-state index contributed by atoms with van der Waals surface area (Å²) in [6, 6.07) is 2.14. The molecular formula is C15H18N4O2S2. The summed E-state index contributed by atoms with van der Waals surface area (Å²) in [5, 5.41) is 3.01.